The van der Waals surface area contributed by atoms with Crippen molar-refractivity contribution in [3.63, 3.8) is 0 Å². The molecule has 5 rings (SSSR count). The molecule has 1 N–H and O–H groups in total. The fourth-order valence-electron chi connectivity index (χ4n) is 4.61. The number of nitrogens with zero attached hydrogens (tertiary/aromatic N) is 3. The molecule has 0 bridgehead atoms. The second-order valence-electron chi connectivity index (χ2n) is 7.97. The SMILES string of the molecule is Cc1cc([C@@H]2[C@@H](c3ccccn3)NC(=S)N2c2ccccc2)c(C)n1-c1ccc(F)cc1. The molecule has 0 saturated carbocycles. The molecule has 1 saturated heterocycles. The van der Waals surface area contributed by atoms with E-state index in [4.69, 9.17) is 12.2 Å². The van der Waals surface area contributed by atoms with Gasteiger partial charge in [0.15, 0.2) is 5.11 Å². The van der Waals surface area contributed by atoms with Crippen LogP contribution in [0.2, 0.25) is 0 Å². The van der Waals surface area contributed by atoms with Gasteiger partial charge in [0.1, 0.15) is 5.82 Å². The van der Waals surface area contributed by atoms with Crippen molar-refractivity contribution in [2.24, 2.45) is 0 Å². The second-order valence-corrected chi connectivity index (χ2v) is 8.36. The van der Waals surface area contributed by atoms with Crippen LogP contribution >= 0.6 is 12.2 Å². The van der Waals surface area contributed by atoms with Gasteiger partial charge in [0.2, 0.25) is 0 Å². The van der Waals surface area contributed by atoms with Crippen molar-refractivity contribution in [1.29, 1.82) is 0 Å². The Bertz CT molecular complexity index is 1250. The Morgan fingerprint density at radius 2 is 1.62 bits per heavy atom. The van der Waals surface area contributed by atoms with Gasteiger partial charge in [-0.2, -0.15) is 0 Å². The van der Waals surface area contributed by atoms with Crippen molar-refractivity contribution in [2.75, 3.05) is 4.90 Å². The van der Waals surface area contributed by atoms with Crippen LogP contribution in [0.5, 0.6) is 0 Å². The molecule has 2 aromatic carbocycles. The van der Waals surface area contributed by atoms with E-state index in [9.17, 15) is 4.39 Å². The fourth-order valence-corrected chi connectivity index (χ4v) is 4.96. The third kappa shape index (κ3) is 3.46. The van der Waals surface area contributed by atoms with Gasteiger partial charge >= 0.3 is 0 Å². The fraction of sp³-hybridized carbons (Fsp3) is 0.154. The minimum absolute atomic E-state index is 0.0831. The summed E-state index contributed by atoms with van der Waals surface area (Å²) in [6, 6.07) is 24.7. The molecule has 4 aromatic rings. The number of hydrogen-bond acceptors (Lipinski definition) is 2. The highest BCUT2D eigenvalue weighted by Gasteiger charge is 2.42. The summed E-state index contributed by atoms with van der Waals surface area (Å²) in [7, 11) is 0. The molecule has 1 aliphatic rings. The van der Waals surface area contributed by atoms with Crippen LogP contribution in [0.1, 0.15) is 34.7 Å². The lowest BCUT2D eigenvalue weighted by Gasteiger charge is -2.28. The average Bonchev–Trinajstić information content (AvgIpc) is 3.31. The normalized spacial score (nSPS) is 18.1. The monoisotopic (exact) mass is 442 g/mol. The van der Waals surface area contributed by atoms with Crippen molar-refractivity contribution < 1.29 is 4.39 Å². The molecule has 3 heterocycles. The van der Waals surface area contributed by atoms with Crippen LogP contribution < -0.4 is 10.2 Å². The topological polar surface area (TPSA) is 33.1 Å². The second kappa shape index (κ2) is 8.20. The maximum absolute atomic E-state index is 13.5. The van der Waals surface area contributed by atoms with Gasteiger partial charge in [-0.05, 0) is 86.2 Å². The first-order chi connectivity index (χ1) is 15.5. The smallest absolute Gasteiger partial charge is 0.174 e. The Hall–Kier alpha value is -3.51. The minimum Gasteiger partial charge on any atom is -0.351 e. The summed E-state index contributed by atoms with van der Waals surface area (Å²) >= 11 is 5.81. The highest BCUT2D eigenvalue weighted by molar-refractivity contribution is 7.80. The zero-order valence-electron chi connectivity index (χ0n) is 17.9. The number of thiocarbonyl (C=S) groups is 1. The van der Waals surface area contributed by atoms with Crippen molar-refractivity contribution in [3.8, 4) is 5.69 Å². The summed E-state index contributed by atoms with van der Waals surface area (Å²) in [6.45, 7) is 4.18. The third-order valence-corrected chi connectivity index (χ3v) is 6.32. The summed E-state index contributed by atoms with van der Waals surface area (Å²) in [5, 5.41) is 4.18. The van der Waals surface area contributed by atoms with E-state index in [0.29, 0.717) is 5.11 Å². The average molecular weight is 443 g/mol. The predicted octanol–water partition coefficient (Wildman–Crippen LogP) is 5.81. The Morgan fingerprint density at radius 3 is 2.31 bits per heavy atom. The molecule has 1 fully saturated rings. The molecule has 32 heavy (non-hydrogen) atoms. The maximum atomic E-state index is 13.5. The van der Waals surface area contributed by atoms with Crippen LogP contribution in [-0.4, -0.2) is 14.7 Å². The number of aryl methyl sites for hydroxylation is 1. The zero-order valence-corrected chi connectivity index (χ0v) is 18.7. The largest absolute Gasteiger partial charge is 0.351 e. The Kier molecular flexibility index (Phi) is 5.23. The predicted molar refractivity (Wildman–Crippen MR) is 130 cm³/mol. The summed E-state index contributed by atoms with van der Waals surface area (Å²) in [5.74, 6) is -0.243. The van der Waals surface area contributed by atoms with E-state index in [0.717, 1.165) is 34.0 Å². The standard InChI is InChI=1S/C26H23FN4S/c1-17-16-22(18(2)30(17)21-13-11-19(27)12-14-21)25-24(23-10-6-7-15-28-23)29-26(32)31(25)20-8-4-3-5-9-20/h3-16,24-25H,1-2H3,(H,29,32)/t24-,25-/m1/s1. The summed E-state index contributed by atoms with van der Waals surface area (Å²) in [5.41, 5.74) is 6.22. The van der Waals surface area contributed by atoms with E-state index >= 15 is 0 Å². The lowest BCUT2D eigenvalue weighted by molar-refractivity contribution is 0.565. The van der Waals surface area contributed by atoms with Gasteiger partial charge in [-0.25, -0.2) is 4.39 Å². The number of anilines is 1. The first-order valence-electron chi connectivity index (χ1n) is 10.5. The number of hydrogen-bond donors (Lipinski definition) is 1. The summed E-state index contributed by atoms with van der Waals surface area (Å²) < 4.78 is 15.7. The Morgan fingerprint density at radius 1 is 0.906 bits per heavy atom. The van der Waals surface area contributed by atoms with Gasteiger partial charge in [-0.1, -0.05) is 24.3 Å². The molecule has 2 aromatic heterocycles. The van der Waals surface area contributed by atoms with Gasteiger partial charge in [0.25, 0.3) is 0 Å². The lowest BCUT2D eigenvalue weighted by atomic mass is 9.96. The van der Waals surface area contributed by atoms with Gasteiger partial charge < -0.3 is 14.8 Å². The quantitative estimate of drug-likeness (QED) is 0.405. The highest BCUT2D eigenvalue weighted by Crippen LogP contribution is 2.43. The molecule has 6 heteroatoms. The van der Waals surface area contributed by atoms with Gasteiger partial charge in [-0.15, -0.1) is 0 Å². The number of benzene rings is 2. The summed E-state index contributed by atoms with van der Waals surface area (Å²) in [4.78, 5) is 6.80. The van der Waals surface area contributed by atoms with Gasteiger partial charge in [0.05, 0.1) is 17.8 Å². The number of aromatic nitrogens is 2. The van der Waals surface area contributed by atoms with E-state index in [-0.39, 0.29) is 17.9 Å². The minimum atomic E-state index is -0.243. The molecule has 0 unspecified atom stereocenters. The molecular weight excluding hydrogens is 419 g/mol. The lowest BCUT2D eigenvalue weighted by Crippen LogP contribution is -2.29. The van der Waals surface area contributed by atoms with Crippen molar-refractivity contribution in [2.45, 2.75) is 25.9 Å². The van der Waals surface area contributed by atoms with E-state index in [1.165, 1.54) is 12.1 Å². The van der Waals surface area contributed by atoms with E-state index in [1.807, 2.05) is 54.7 Å². The van der Waals surface area contributed by atoms with Crippen LogP contribution in [0.15, 0.2) is 85.1 Å². The van der Waals surface area contributed by atoms with Gasteiger partial charge in [0, 0.05) is 29.0 Å². The van der Waals surface area contributed by atoms with Gasteiger partial charge in [-0.3, -0.25) is 4.98 Å². The molecular formula is C26H23FN4S. The zero-order chi connectivity index (χ0) is 22.2. The van der Waals surface area contributed by atoms with Crippen molar-refractivity contribution in [3.05, 3.63) is 114 Å². The van der Waals surface area contributed by atoms with E-state index in [1.54, 1.807) is 0 Å². The van der Waals surface area contributed by atoms with E-state index in [2.05, 4.69) is 51.8 Å². The molecule has 1 aliphatic heterocycles. The molecule has 0 amide bonds. The molecule has 0 aliphatic carbocycles. The van der Waals surface area contributed by atoms with Crippen LogP contribution in [-0.2, 0) is 0 Å². The first-order valence-corrected chi connectivity index (χ1v) is 11.0. The van der Waals surface area contributed by atoms with Crippen LogP contribution in [0.4, 0.5) is 10.1 Å². The molecule has 0 radical (unpaired) electrons. The number of para-hydroxylation sites is 1. The number of halogens is 1. The number of pyridine rings is 1. The molecule has 0 spiro atoms. The van der Waals surface area contributed by atoms with Crippen LogP contribution in [0.3, 0.4) is 0 Å². The summed E-state index contributed by atoms with van der Waals surface area (Å²) in [6.07, 6.45) is 1.81. The first kappa shape index (κ1) is 20.4. The highest BCUT2D eigenvalue weighted by atomic mass is 32.1. The van der Waals surface area contributed by atoms with E-state index < -0.39 is 0 Å². The molecule has 4 nitrogen and oxygen atoms in total. The molecule has 2 atom stereocenters. The third-order valence-electron chi connectivity index (χ3n) is 6.01. The number of nitrogens with one attached hydrogen (secondary N) is 1. The van der Waals surface area contributed by atoms with Crippen LogP contribution in [0, 0.1) is 19.7 Å². The Labute approximate surface area is 192 Å². The van der Waals surface area contributed by atoms with Crippen molar-refractivity contribution in [1.82, 2.24) is 14.9 Å². The van der Waals surface area contributed by atoms with Crippen LogP contribution in [0.25, 0.3) is 5.69 Å². The number of rotatable bonds is 4. The van der Waals surface area contributed by atoms with Crippen molar-refractivity contribution >= 4 is 23.0 Å². The molecule has 160 valence electrons. The Balaban J connectivity index is 1.67. The maximum Gasteiger partial charge on any atom is 0.174 e.